The van der Waals surface area contributed by atoms with E-state index in [1.807, 2.05) is 96.1 Å². The van der Waals surface area contributed by atoms with Gasteiger partial charge in [0.1, 0.15) is 12.4 Å². The van der Waals surface area contributed by atoms with Crippen LogP contribution in [0.15, 0.2) is 66.7 Å². The van der Waals surface area contributed by atoms with Gasteiger partial charge in [0.15, 0.2) is 11.5 Å². The number of aromatic nitrogens is 1. The van der Waals surface area contributed by atoms with Gasteiger partial charge < -0.3 is 24.3 Å². The molecule has 0 bridgehead atoms. The minimum Gasteiger partial charge on any atom is -0.493 e. The van der Waals surface area contributed by atoms with Crippen LogP contribution in [-0.4, -0.2) is 36.5 Å². The highest BCUT2D eigenvalue weighted by Gasteiger charge is 2.10. The van der Waals surface area contributed by atoms with Crippen LogP contribution in [-0.2, 0) is 0 Å². The fraction of sp³-hybridized carbons (Fsp3) is 0.379. The van der Waals surface area contributed by atoms with Crippen LogP contribution in [0.3, 0.4) is 0 Å². The highest BCUT2D eigenvalue weighted by Crippen LogP contribution is 2.33. The maximum Gasteiger partial charge on any atom is 0.161 e. The summed E-state index contributed by atoms with van der Waals surface area (Å²) in [6.45, 7) is 12.9. The minimum absolute atomic E-state index is 0.328. The number of aromatic amines is 1. The molecule has 0 aliphatic carbocycles. The summed E-state index contributed by atoms with van der Waals surface area (Å²) in [5, 5.41) is 11.9. The number of rotatable bonds is 7. The molecule has 0 saturated carbocycles. The number of hydrogen-bond donors (Lipinski definition) is 2. The van der Waals surface area contributed by atoms with E-state index in [0.29, 0.717) is 19.6 Å². The number of para-hydroxylation sites is 3. The van der Waals surface area contributed by atoms with Crippen molar-refractivity contribution in [2.45, 2.75) is 54.1 Å². The first-order valence-electron chi connectivity index (χ1n) is 12.2. The Bertz CT molecular complexity index is 1070. The van der Waals surface area contributed by atoms with Gasteiger partial charge in [-0.25, -0.2) is 0 Å². The Morgan fingerprint density at radius 2 is 1.32 bits per heavy atom. The van der Waals surface area contributed by atoms with Gasteiger partial charge in [0, 0.05) is 16.3 Å². The SMILES string of the molecule is CC.CC.CCC(O)COc1cccc2[nH]c3ccccc3c12.CCOc1ccccc1OC. The summed E-state index contributed by atoms with van der Waals surface area (Å²) in [7, 11) is 1.64. The van der Waals surface area contributed by atoms with E-state index in [1.54, 1.807) is 7.11 Å². The van der Waals surface area contributed by atoms with Gasteiger partial charge in [-0.1, -0.05) is 71.0 Å². The molecule has 0 aliphatic rings. The fourth-order valence-corrected chi connectivity index (χ4v) is 3.19. The van der Waals surface area contributed by atoms with Gasteiger partial charge in [0.25, 0.3) is 0 Å². The van der Waals surface area contributed by atoms with Gasteiger partial charge >= 0.3 is 0 Å². The number of ether oxygens (including phenoxy) is 3. The second-order valence-electron chi connectivity index (χ2n) is 6.81. The van der Waals surface area contributed by atoms with Crippen LogP contribution in [0.2, 0.25) is 0 Å². The lowest BCUT2D eigenvalue weighted by Crippen LogP contribution is -2.16. The molecule has 34 heavy (non-hydrogen) atoms. The number of nitrogens with one attached hydrogen (secondary N) is 1. The summed E-state index contributed by atoms with van der Waals surface area (Å²) in [6, 6.07) is 21.7. The normalized spacial score (nSPS) is 10.6. The molecule has 186 valence electrons. The Kier molecular flexibility index (Phi) is 13.9. The molecule has 1 unspecified atom stereocenters. The van der Waals surface area contributed by atoms with Crippen molar-refractivity contribution >= 4 is 21.8 Å². The third-order valence-corrected chi connectivity index (χ3v) is 4.76. The van der Waals surface area contributed by atoms with Crippen molar-refractivity contribution in [1.82, 2.24) is 4.98 Å². The van der Waals surface area contributed by atoms with Crippen LogP contribution >= 0.6 is 0 Å². The van der Waals surface area contributed by atoms with E-state index in [1.165, 1.54) is 0 Å². The van der Waals surface area contributed by atoms with Crippen molar-refractivity contribution in [3.63, 3.8) is 0 Å². The van der Waals surface area contributed by atoms with Crippen LogP contribution in [0, 0.1) is 0 Å². The first kappa shape index (κ1) is 28.9. The molecule has 0 spiro atoms. The van der Waals surface area contributed by atoms with Gasteiger partial charge in [0.2, 0.25) is 0 Å². The average Bonchev–Trinajstić information content (AvgIpc) is 3.30. The summed E-state index contributed by atoms with van der Waals surface area (Å²) in [6.07, 6.45) is 0.282. The summed E-state index contributed by atoms with van der Waals surface area (Å²) in [4.78, 5) is 3.38. The molecule has 4 aromatic rings. The lowest BCUT2D eigenvalue weighted by atomic mass is 10.1. The summed E-state index contributed by atoms with van der Waals surface area (Å²) < 4.78 is 16.1. The number of benzene rings is 3. The topological polar surface area (TPSA) is 63.7 Å². The molecule has 1 heterocycles. The highest BCUT2D eigenvalue weighted by molar-refractivity contribution is 6.10. The monoisotopic (exact) mass is 467 g/mol. The summed E-state index contributed by atoms with van der Waals surface area (Å²) in [5.74, 6) is 2.41. The van der Waals surface area contributed by atoms with Gasteiger partial charge in [-0.05, 0) is 43.7 Å². The van der Waals surface area contributed by atoms with E-state index in [-0.39, 0.29) is 0 Å². The van der Waals surface area contributed by atoms with Crippen LogP contribution in [0.5, 0.6) is 17.2 Å². The van der Waals surface area contributed by atoms with Crippen molar-refractivity contribution in [2.75, 3.05) is 20.3 Å². The lowest BCUT2D eigenvalue weighted by Gasteiger charge is -2.11. The molecular weight excluding hydrogens is 426 g/mol. The maximum absolute atomic E-state index is 9.62. The van der Waals surface area contributed by atoms with E-state index in [9.17, 15) is 5.11 Å². The average molecular weight is 468 g/mol. The predicted molar refractivity (Wildman–Crippen MR) is 144 cm³/mol. The van der Waals surface area contributed by atoms with Crippen LogP contribution in [0.1, 0.15) is 48.0 Å². The second kappa shape index (κ2) is 16.4. The van der Waals surface area contributed by atoms with Gasteiger partial charge in [0.05, 0.1) is 25.3 Å². The molecule has 0 amide bonds. The quantitative estimate of drug-likeness (QED) is 0.293. The number of aliphatic hydroxyl groups is 1. The summed E-state index contributed by atoms with van der Waals surface area (Å²) >= 11 is 0. The first-order chi connectivity index (χ1) is 16.7. The van der Waals surface area contributed by atoms with Gasteiger partial charge in [-0.3, -0.25) is 0 Å². The largest absolute Gasteiger partial charge is 0.493 e. The predicted octanol–water partition coefficient (Wildman–Crippen LogP) is 7.62. The second-order valence-corrected chi connectivity index (χ2v) is 6.81. The molecule has 3 aromatic carbocycles. The molecule has 1 aromatic heterocycles. The molecule has 0 aliphatic heterocycles. The molecule has 5 heteroatoms. The van der Waals surface area contributed by atoms with Crippen molar-refractivity contribution in [1.29, 1.82) is 0 Å². The third-order valence-electron chi connectivity index (χ3n) is 4.76. The zero-order valence-corrected chi connectivity index (χ0v) is 21.7. The molecule has 0 radical (unpaired) electrons. The number of H-pyrrole nitrogens is 1. The van der Waals surface area contributed by atoms with E-state index in [4.69, 9.17) is 14.2 Å². The molecular formula is C29H41NO4. The molecule has 2 N–H and O–H groups in total. The number of methoxy groups -OCH3 is 1. The Labute approximate surface area is 204 Å². The first-order valence-corrected chi connectivity index (χ1v) is 12.2. The Morgan fingerprint density at radius 1 is 0.735 bits per heavy atom. The Balaban J connectivity index is 0.000000330. The number of aliphatic hydroxyl groups excluding tert-OH is 1. The minimum atomic E-state index is -0.416. The Morgan fingerprint density at radius 3 is 1.97 bits per heavy atom. The fourth-order valence-electron chi connectivity index (χ4n) is 3.19. The zero-order chi connectivity index (χ0) is 25.3. The van der Waals surface area contributed by atoms with E-state index in [2.05, 4.69) is 17.1 Å². The third kappa shape index (κ3) is 7.99. The van der Waals surface area contributed by atoms with E-state index in [0.717, 1.165) is 39.1 Å². The van der Waals surface area contributed by atoms with E-state index >= 15 is 0 Å². The smallest absolute Gasteiger partial charge is 0.161 e. The Hall–Kier alpha value is -3.18. The van der Waals surface area contributed by atoms with Gasteiger partial charge in [-0.15, -0.1) is 0 Å². The number of fused-ring (bicyclic) bond motifs is 3. The summed E-state index contributed by atoms with van der Waals surface area (Å²) in [5.41, 5.74) is 2.16. The lowest BCUT2D eigenvalue weighted by molar-refractivity contribution is 0.105. The van der Waals surface area contributed by atoms with Crippen molar-refractivity contribution < 1.29 is 19.3 Å². The standard InChI is InChI=1S/C16H17NO2.C9H12O2.2C2H6/c1-2-11(18)10-19-15-9-5-8-14-16(15)12-6-3-4-7-13(12)17-14;1-3-11-9-7-5-4-6-8(9)10-2;2*1-2/h3-9,11,17-18H,2,10H2,1H3;4-7H,3H2,1-2H3;2*1-2H3. The molecule has 1 atom stereocenters. The molecule has 5 nitrogen and oxygen atoms in total. The van der Waals surface area contributed by atoms with Crippen LogP contribution < -0.4 is 14.2 Å². The van der Waals surface area contributed by atoms with Gasteiger partial charge in [-0.2, -0.15) is 0 Å². The van der Waals surface area contributed by atoms with Crippen LogP contribution in [0.4, 0.5) is 0 Å². The molecule has 4 rings (SSSR count). The number of hydrogen-bond acceptors (Lipinski definition) is 4. The van der Waals surface area contributed by atoms with Crippen LogP contribution in [0.25, 0.3) is 21.8 Å². The maximum atomic E-state index is 9.62. The molecule has 0 fully saturated rings. The highest BCUT2D eigenvalue weighted by atomic mass is 16.5. The van der Waals surface area contributed by atoms with Crippen molar-refractivity contribution in [3.8, 4) is 17.2 Å². The molecule has 0 saturated heterocycles. The van der Waals surface area contributed by atoms with Crippen molar-refractivity contribution in [2.24, 2.45) is 0 Å². The van der Waals surface area contributed by atoms with E-state index < -0.39 is 6.10 Å². The van der Waals surface area contributed by atoms with Crippen molar-refractivity contribution in [3.05, 3.63) is 66.7 Å². The zero-order valence-electron chi connectivity index (χ0n) is 21.7.